The van der Waals surface area contributed by atoms with Gasteiger partial charge in [0.05, 0.1) is 0 Å². The molecule has 1 fully saturated rings. The first kappa shape index (κ1) is 10.4. The Morgan fingerprint density at radius 3 is 3.12 bits per heavy atom. The molecular formula is C14H15NO2. The number of allylic oxidation sites excluding steroid dienone is 7. The van der Waals surface area contributed by atoms with Crippen molar-refractivity contribution >= 4 is 5.97 Å². The van der Waals surface area contributed by atoms with Crippen molar-refractivity contribution in [3.8, 4) is 0 Å². The molecule has 0 aromatic heterocycles. The van der Waals surface area contributed by atoms with E-state index in [-0.39, 0.29) is 11.8 Å². The zero-order chi connectivity index (χ0) is 11.8. The van der Waals surface area contributed by atoms with Crippen LogP contribution >= 0.6 is 0 Å². The van der Waals surface area contributed by atoms with E-state index in [0.29, 0.717) is 0 Å². The normalized spacial score (nSPS) is 34.0. The SMILES string of the molecule is O=C(O)C1NC2=CCC=CC=C2C2C=CCC21. The molecule has 1 aliphatic heterocycles. The summed E-state index contributed by atoms with van der Waals surface area (Å²) in [6.07, 6.45) is 14.3. The lowest BCUT2D eigenvalue weighted by Gasteiger charge is -2.36. The molecule has 0 radical (unpaired) electrons. The average Bonchev–Trinajstić information content (AvgIpc) is 2.67. The van der Waals surface area contributed by atoms with E-state index in [1.165, 1.54) is 5.57 Å². The minimum Gasteiger partial charge on any atom is -0.480 e. The van der Waals surface area contributed by atoms with E-state index in [0.717, 1.165) is 18.5 Å². The number of fused-ring (bicyclic) bond motifs is 3. The highest BCUT2D eigenvalue weighted by molar-refractivity contribution is 5.76. The van der Waals surface area contributed by atoms with Gasteiger partial charge in [0.25, 0.3) is 0 Å². The summed E-state index contributed by atoms with van der Waals surface area (Å²) >= 11 is 0. The van der Waals surface area contributed by atoms with Gasteiger partial charge in [0.1, 0.15) is 6.04 Å². The van der Waals surface area contributed by atoms with E-state index < -0.39 is 12.0 Å². The van der Waals surface area contributed by atoms with E-state index in [9.17, 15) is 9.90 Å². The van der Waals surface area contributed by atoms with Crippen molar-refractivity contribution in [3.05, 3.63) is 47.7 Å². The number of carboxylic acids is 1. The molecule has 3 aliphatic rings. The summed E-state index contributed by atoms with van der Waals surface area (Å²) in [5.74, 6) is -0.338. The third-order valence-electron chi connectivity index (χ3n) is 3.76. The van der Waals surface area contributed by atoms with E-state index in [1.807, 2.05) is 0 Å². The van der Waals surface area contributed by atoms with Crippen molar-refractivity contribution in [2.45, 2.75) is 18.9 Å². The van der Waals surface area contributed by atoms with Crippen LogP contribution in [0.25, 0.3) is 0 Å². The van der Waals surface area contributed by atoms with E-state index >= 15 is 0 Å². The van der Waals surface area contributed by atoms with Gasteiger partial charge in [-0.15, -0.1) is 0 Å². The van der Waals surface area contributed by atoms with Crippen molar-refractivity contribution < 1.29 is 9.90 Å². The third kappa shape index (κ3) is 1.62. The largest absolute Gasteiger partial charge is 0.480 e. The monoisotopic (exact) mass is 229 g/mol. The molecule has 2 N–H and O–H groups in total. The molecule has 0 aromatic carbocycles. The molecule has 0 amide bonds. The molecule has 3 heteroatoms. The van der Waals surface area contributed by atoms with Crippen molar-refractivity contribution in [1.82, 2.24) is 5.32 Å². The van der Waals surface area contributed by atoms with Crippen LogP contribution in [0.1, 0.15) is 12.8 Å². The zero-order valence-electron chi connectivity index (χ0n) is 9.47. The van der Waals surface area contributed by atoms with Gasteiger partial charge >= 0.3 is 5.97 Å². The Kier molecular flexibility index (Phi) is 2.39. The number of aliphatic carboxylic acids is 1. The fourth-order valence-corrected chi connectivity index (χ4v) is 2.95. The molecule has 0 bridgehead atoms. The van der Waals surface area contributed by atoms with Gasteiger partial charge in [0, 0.05) is 17.5 Å². The zero-order valence-corrected chi connectivity index (χ0v) is 9.47. The second-order valence-electron chi connectivity index (χ2n) is 4.72. The lowest BCUT2D eigenvalue weighted by molar-refractivity contribution is -0.141. The molecule has 0 aromatic rings. The van der Waals surface area contributed by atoms with Crippen LogP contribution < -0.4 is 5.32 Å². The highest BCUT2D eigenvalue weighted by atomic mass is 16.4. The van der Waals surface area contributed by atoms with Gasteiger partial charge in [-0.3, -0.25) is 0 Å². The topological polar surface area (TPSA) is 49.3 Å². The number of piperidine rings is 1. The Morgan fingerprint density at radius 1 is 1.41 bits per heavy atom. The van der Waals surface area contributed by atoms with Gasteiger partial charge < -0.3 is 10.4 Å². The molecule has 1 saturated heterocycles. The van der Waals surface area contributed by atoms with Crippen LogP contribution in [-0.2, 0) is 4.79 Å². The molecule has 3 rings (SSSR count). The van der Waals surface area contributed by atoms with Crippen LogP contribution in [0.15, 0.2) is 47.7 Å². The van der Waals surface area contributed by atoms with E-state index in [1.54, 1.807) is 0 Å². The standard InChI is InChI=1S/C14H15NO2/c16-14(17)13-11-7-4-6-9(11)10-5-2-1-3-8-12(10)15-13/h1-2,4-6,8-9,11,13,15H,3,7H2,(H,16,17). The first-order chi connectivity index (χ1) is 8.27. The van der Waals surface area contributed by atoms with Gasteiger partial charge in [-0.2, -0.15) is 0 Å². The smallest absolute Gasteiger partial charge is 0.326 e. The van der Waals surface area contributed by atoms with E-state index in [4.69, 9.17) is 0 Å². The van der Waals surface area contributed by atoms with Gasteiger partial charge in [0.2, 0.25) is 0 Å². The summed E-state index contributed by atoms with van der Waals surface area (Å²) in [6, 6.07) is -0.462. The molecule has 0 spiro atoms. The minimum absolute atomic E-state index is 0.155. The Bertz CT molecular complexity index is 471. The number of hydrogen-bond donors (Lipinski definition) is 2. The van der Waals surface area contributed by atoms with Crippen LogP contribution in [0, 0.1) is 11.8 Å². The fourth-order valence-electron chi connectivity index (χ4n) is 2.95. The highest BCUT2D eigenvalue weighted by Gasteiger charge is 2.42. The molecule has 3 atom stereocenters. The second-order valence-corrected chi connectivity index (χ2v) is 4.72. The maximum atomic E-state index is 11.3. The van der Waals surface area contributed by atoms with Crippen LogP contribution in [0.4, 0.5) is 0 Å². The quantitative estimate of drug-likeness (QED) is 0.676. The molecule has 0 saturated carbocycles. The van der Waals surface area contributed by atoms with Crippen molar-refractivity contribution in [2.75, 3.05) is 0 Å². The Morgan fingerprint density at radius 2 is 2.29 bits per heavy atom. The highest BCUT2D eigenvalue weighted by Crippen LogP contribution is 2.41. The Balaban J connectivity index is 2.01. The molecule has 3 nitrogen and oxygen atoms in total. The fraction of sp³-hybridized carbons (Fsp3) is 0.357. The lowest BCUT2D eigenvalue weighted by Crippen LogP contribution is -2.49. The van der Waals surface area contributed by atoms with E-state index in [2.05, 4.69) is 41.8 Å². The maximum absolute atomic E-state index is 11.3. The van der Waals surface area contributed by atoms with Crippen LogP contribution in [0.5, 0.6) is 0 Å². The van der Waals surface area contributed by atoms with Gasteiger partial charge in [-0.25, -0.2) is 4.79 Å². The predicted molar refractivity (Wildman–Crippen MR) is 65.2 cm³/mol. The summed E-state index contributed by atoms with van der Waals surface area (Å²) < 4.78 is 0. The van der Waals surface area contributed by atoms with Gasteiger partial charge in [0.15, 0.2) is 0 Å². The number of carbonyl (C=O) groups is 1. The lowest BCUT2D eigenvalue weighted by atomic mass is 9.78. The number of hydrogen-bond acceptors (Lipinski definition) is 2. The first-order valence-corrected chi connectivity index (χ1v) is 6.00. The Hall–Kier alpha value is -1.77. The van der Waals surface area contributed by atoms with Crippen LogP contribution in [-0.4, -0.2) is 17.1 Å². The van der Waals surface area contributed by atoms with Crippen LogP contribution in [0.2, 0.25) is 0 Å². The minimum atomic E-state index is -0.749. The molecule has 2 aliphatic carbocycles. The van der Waals surface area contributed by atoms with Gasteiger partial charge in [-0.05, 0) is 18.4 Å². The predicted octanol–water partition coefficient (Wildman–Crippen LogP) is 2.01. The first-order valence-electron chi connectivity index (χ1n) is 6.00. The number of rotatable bonds is 1. The third-order valence-corrected chi connectivity index (χ3v) is 3.76. The Labute approximate surface area is 100 Å². The van der Waals surface area contributed by atoms with Crippen molar-refractivity contribution in [2.24, 2.45) is 11.8 Å². The molecular weight excluding hydrogens is 214 g/mol. The molecule has 88 valence electrons. The average molecular weight is 229 g/mol. The second kappa shape index (κ2) is 3.91. The molecule has 3 unspecified atom stereocenters. The summed E-state index contributed by atoms with van der Waals surface area (Å²) in [5, 5.41) is 12.5. The van der Waals surface area contributed by atoms with Crippen molar-refractivity contribution in [3.63, 3.8) is 0 Å². The summed E-state index contributed by atoms with van der Waals surface area (Å²) in [5.41, 5.74) is 2.23. The number of carboxylic acid groups (broad SMARTS) is 1. The van der Waals surface area contributed by atoms with Gasteiger partial charge in [-0.1, -0.05) is 36.5 Å². The summed E-state index contributed by atoms with van der Waals surface area (Å²) in [6.45, 7) is 0. The molecule has 1 heterocycles. The number of nitrogens with one attached hydrogen (secondary N) is 1. The van der Waals surface area contributed by atoms with Crippen LogP contribution in [0.3, 0.4) is 0 Å². The molecule has 17 heavy (non-hydrogen) atoms. The summed E-state index contributed by atoms with van der Waals surface area (Å²) in [4.78, 5) is 11.3. The van der Waals surface area contributed by atoms with Crippen molar-refractivity contribution in [1.29, 1.82) is 0 Å². The maximum Gasteiger partial charge on any atom is 0.326 e. The summed E-state index contributed by atoms with van der Waals surface area (Å²) in [7, 11) is 0.